The van der Waals surface area contributed by atoms with Crippen molar-refractivity contribution < 1.29 is 4.74 Å². The average molecular weight is 370 g/mol. The summed E-state index contributed by atoms with van der Waals surface area (Å²) < 4.78 is 7.50. The van der Waals surface area contributed by atoms with Crippen LogP contribution >= 0.6 is 11.3 Å². The predicted octanol–water partition coefficient (Wildman–Crippen LogP) is 2.80. The Bertz CT molecular complexity index is 817. The fourth-order valence-electron chi connectivity index (χ4n) is 3.37. The highest BCUT2D eigenvalue weighted by Gasteiger charge is 2.27. The first-order valence-corrected chi connectivity index (χ1v) is 9.82. The third-order valence-electron chi connectivity index (χ3n) is 4.86. The van der Waals surface area contributed by atoms with E-state index in [1.165, 1.54) is 17.8 Å². The SMILES string of the molecule is CCC1CNCCC1c1nc(COc2ccc(-n3cnnn3)cc2)cs1. The molecule has 7 nitrogen and oxygen atoms in total. The molecule has 136 valence electrons. The highest BCUT2D eigenvalue weighted by Crippen LogP contribution is 2.34. The molecule has 4 rings (SSSR count). The minimum Gasteiger partial charge on any atom is -0.487 e. The average Bonchev–Trinajstić information content (AvgIpc) is 3.39. The number of benzene rings is 1. The quantitative estimate of drug-likeness (QED) is 0.719. The molecule has 1 aliphatic heterocycles. The summed E-state index contributed by atoms with van der Waals surface area (Å²) in [6.45, 7) is 4.93. The smallest absolute Gasteiger partial charge is 0.143 e. The van der Waals surface area contributed by atoms with Crippen LogP contribution in [0.15, 0.2) is 36.0 Å². The number of aromatic nitrogens is 5. The lowest BCUT2D eigenvalue weighted by molar-refractivity contribution is 0.298. The molecule has 1 aliphatic rings. The fraction of sp³-hybridized carbons (Fsp3) is 0.444. The number of nitrogens with zero attached hydrogens (tertiary/aromatic N) is 5. The van der Waals surface area contributed by atoms with Gasteiger partial charge in [-0.25, -0.2) is 9.67 Å². The Balaban J connectivity index is 1.37. The summed E-state index contributed by atoms with van der Waals surface area (Å²) in [4.78, 5) is 4.84. The van der Waals surface area contributed by atoms with Gasteiger partial charge in [-0.15, -0.1) is 16.4 Å². The van der Waals surface area contributed by atoms with Gasteiger partial charge in [0.25, 0.3) is 0 Å². The third-order valence-corrected chi connectivity index (χ3v) is 5.88. The van der Waals surface area contributed by atoms with Crippen molar-refractivity contribution in [2.45, 2.75) is 32.3 Å². The lowest BCUT2D eigenvalue weighted by Crippen LogP contribution is -2.35. The van der Waals surface area contributed by atoms with Gasteiger partial charge in [-0.05, 0) is 60.1 Å². The van der Waals surface area contributed by atoms with Gasteiger partial charge in [-0.3, -0.25) is 0 Å². The highest BCUT2D eigenvalue weighted by atomic mass is 32.1. The topological polar surface area (TPSA) is 77.8 Å². The molecule has 2 unspecified atom stereocenters. The molecule has 1 N–H and O–H groups in total. The van der Waals surface area contributed by atoms with Crippen molar-refractivity contribution in [3.63, 3.8) is 0 Å². The molecule has 2 aromatic heterocycles. The van der Waals surface area contributed by atoms with E-state index in [0.717, 1.165) is 30.2 Å². The number of hydrogen-bond acceptors (Lipinski definition) is 7. The van der Waals surface area contributed by atoms with E-state index >= 15 is 0 Å². The van der Waals surface area contributed by atoms with Crippen molar-refractivity contribution in [2.24, 2.45) is 5.92 Å². The van der Waals surface area contributed by atoms with Gasteiger partial charge in [-0.2, -0.15) is 0 Å². The van der Waals surface area contributed by atoms with Crippen molar-refractivity contribution in [2.75, 3.05) is 13.1 Å². The van der Waals surface area contributed by atoms with Crippen molar-refractivity contribution >= 4 is 11.3 Å². The van der Waals surface area contributed by atoms with Crippen LogP contribution in [-0.4, -0.2) is 38.3 Å². The second-order valence-electron chi connectivity index (χ2n) is 6.48. The first-order valence-electron chi connectivity index (χ1n) is 8.94. The van der Waals surface area contributed by atoms with E-state index in [-0.39, 0.29) is 0 Å². The van der Waals surface area contributed by atoms with Gasteiger partial charge in [-0.1, -0.05) is 13.3 Å². The lowest BCUT2D eigenvalue weighted by Gasteiger charge is -2.29. The van der Waals surface area contributed by atoms with Crippen LogP contribution < -0.4 is 10.1 Å². The van der Waals surface area contributed by atoms with Crippen molar-refractivity contribution in [1.82, 2.24) is 30.5 Å². The lowest BCUT2D eigenvalue weighted by atomic mass is 9.85. The molecule has 3 aromatic rings. The number of piperidine rings is 1. The van der Waals surface area contributed by atoms with E-state index in [1.54, 1.807) is 22.3 Å². The molecule has 2 atom stereocenters. The molecular formula is C18H22N6OS. The van der Waals surface area contributed by atoms with Gasteiger partial charge in [0.05, 0.1) is 16.4 Å². The molecule has 0 spiro atoms. The number of thiazole rings is 1. The van der Waals surface area contributed by atoms with E-state index in [1.807, 2.05) is 24.3 Å². The number of hydrogen-bond donors (Lipinski definition) is 1. The first kappa shape index (κ1) is 17.1. The molecule has 0 amide bonds. The maximum atomic E-state index is 5.89. The van der Waals surface area contributed by atoms with Gasteiger partial charge in [0.15, 0.2) is 0 Å². The van der Waals surface area contributed by atoms with Gasteiger partial charge in [0.2, 0.25) is 0 Å². The molecular weight excluding hydrogens is 348 g/mol. The zero-order valence-electron chi connectivity index (χ0n) is 14.7. The van der Waals surface area contributed by atoms with Gasteiger partial charge >= 0.3 is 0 Å². The van der Waals surface area contributed by atoms with Crippen molar-refractivity contribution in [1.29, 1.82) is 0 Å². The van der Waals surface area contributed by atoms with Crippen molar-refractivity contribution in [3.8, 4) is 11.4 Å². The highest BCUT2D eigenvalue weighted by molar-refractivity contribution is 7.09. The van der Waals surface area contributed by atoms with E-state index in [2.05, 4.69) is 33.1 Å². The number of tetrazole rings is 1. The summed E-state index contributed by atoms with van der Waals surface area (Å²) in [5.74, 6) is 2.07. The molecule has 0 bridgehead atoms. The normalized spacial score (nSPS) is 20.2. The van der Waals surface area contributed by atoms with Crippen LogP contribution in [-0.2, 0) is 6.61 Å². The maximum Gasteiger partial charge on any atom is 0.143 e. The van der Waals surface area contributed by atoms with Crippen LogP contribution in [0.4, 0.5) is 0 Å². The van der Waals surface area contributed by atoms with Crippen LogP contribution in [0.5, 0.6) is 5.75 Å². The van der Waals surface area contributed by atoms with E-state index in [4.69, 9.17) is 9.72 Å². The van der Waals surface area contributed by atoms with Gasteiger partial charge < -0.3 is 10.1 Å². The van der Waals surface area contributed by atoms with Crippen molar-refractivity contribution in [3.05, 3.63) is 46.7 Å². The van der Waals surface area contributed by atoms with E-state index < -0.39 is 0 Å². The number of ether oxygens (including phenoxy) is 1. The molecule has 1 saturated heterocycles. The molecule has 0 aliphatic carbocycles. The van der Waals surface area contributed by atoms with E-state index in [9.17, 15) is 0 Å². The second kappa shape index (κ2) is 7.92. The monoisotopic (exact) mass is 370 g/mol. The van der Waals surface area contributed by atoms with E-state index in [0.29, 0.717) is 18.4 Å². The molecule has 0 saturated carbocycles. The Labute approximate surface area is 156 Å². The number of rotatable bonds is 6. The summed E-state index contributed by atoms with van der Waals surface area (Å²) >= 11 is 1.77. The van der Waals surface area contributed by atoms with Crippen LogP contribution in [0.2, 0.25) is 0 Å². The Morgan fingerprint density at radius 2 is 2.19 bits per heavy atom. The summed E-state index contributed by atoms with van der Waals surface area (Å²) in [6, 6.07) is 7.70. The Morgan fingerprint density at radius 3 is 2.96 bits per heavy atom. The second-order valence-corrected chi connectivity index (χ2v) is 7.37. The first-order chi connectivity index (χ1) is 12.8. The zero-order chi connectivity index (χ0) is 17.8. The largest absolute Gasteiger partial charge is 0.487 e. The maximum absolute atomic E-state index is 5.89. The van der Waals surface area contributed by atoms with Crippen LogP contribution in [0, 0.1) is 5.92 Å². The van der Waals surface area contributed by atoms with Crippen LogP contribution in [0.3, 0.4) is 0 Å². The van der Waals surface area contributed by atoms with Crippen LogP contribution in [0.1, 0.15) is 36.4 Å². The fourth-order valence-corrected chi connectivity index (χ4v) is 4.40. The zero-order valence-corrected chi connectivity index (χ0v) is 15.5. The summed E-state index contributed by atoms with van der Waals surface area (Å²) in [5.41, 5.74) is 1.90. The number of nitrogens with one attached hydrogen (secondary N) is 1. The molecule has 1 fully saturated rings. The summed E-state index contributed by atoms with van der Waals surface area (Å²) in [6.07, 6.45) is 3.93. The molecule has 3 heterocycles. The molecule has 0 radical (unpaired) electrons. The standard InChI is InChI=1S/C18H22N6OS/c1-2-13-9-19-8-7-17(13)18-21-14(11-26-18)10-25-16-5-3-15(4-6-16)24-12-20-22-23-24/h3-6,11-13,17,19H,2,7-10H2,1H3. The Kier molecular flexibility index (Phi) is 5.21. The Morgan fingerprint density at radius 1 is 1.31 bits per heavy atom. The molecule has 8 heteroatoms. The molecule has 1 aromatic carbocycles. The summed E-state index contributed by atoms with van der Waals surface area (Å²) in [7, 11) is 0. The minimum absolute atomic E-state index is 0.489. The van der Waals surface area contributed by atoms with Gasteiger partial charge in [0.1, 0.15) is 18.7 Å². The van der Waals surface area contributed by atoms with Crippen LogP contribution in [0.25, 0.3) is 5.69 Å². The summed E-state index contributed by atoms with van der Waals surface area (Å²) in [5, 5.41) is 18.0. The predicted molar refractivity (Wildman–Crippen MR) is 99.6 cm³/mol. The third kappa shape index (κ3) is 3.76. The minimum atomic E-state index is 0.489. The molecule has 26 heavy (non-hydrogen) atoms. The van der Waals surface area contributed by atoms with Gasteiger partial charge in [0, 0.05) is 11.3 Å². The Hall–Kier alpha value is -2.32.